The lowest BCUT2D eigenvalue weighted by atomic mass is 10.0. The topological polar surface area (TPSA) is 69.4 Å². The second-order valence-electron chi connectivity index (χ2n) is 5.45. The first-order valence-corrected chi connectivity index (χ1v) is 8.73. The number of rotatable bonds is 11. The van der Waals surface area contributed by atoms with Crippen molar-refractivity contribution < 1.29 is 14.3 Å². The largest absolute Gasteiger partial charge is 0.484 e. The number of carbonyl (C=O) groups is 2. The highest BCUT2D eigenvalue weighted by atomic mass is 35.5. The molecule has 1 rings (SSSR count). The van der Waals surface area contributed by atoms with Gasteiger partial charge in [-0.25, -0.2) is 0 Å². The van der Waals surface area contributed by atoms with Crippen LogP contribution >= 0.6 is 23.2 Å². The Morgan fingerprint density at radius 2 is 1.88 bits per heavy atom. The minimum Gasteiger partial charge on any atom is -0.484 e. The average molecular weight is 372 g/mol. The zero-order chi connectivity index (χ0) is 18.1. The number of hydrogen-bond acceptors (Lipinski definition) is 4. The Balaban J connectivity index is 2.68. The van der Waals surface area contributed by atoms with Gasteiger partial charge < -0.3 is 10.5 Å². The monoisotopic (exact) mass is 371 g/mol. The summed E-state index contributed by atoms with van der Waals surface area (Å²) in [5.41, 5.74) is 6.14. The van der Waals surface area contributed by atoms with E-state index >= 15 is 0 Å². The summed E-state index contributed by atoms with van der Waals surface area (Å²) in [4.78, 5) is 23.9. The van der Waals surface area contributed by atoms with Gasteiger partial charge in [0.25, 0.3) is 0 Å². The summed E-state index contributed by atoms with van der Waals surface area (Å²) in [6.45, 7) is 6.11. The first kappa shape index (κ1) is 20.7. The second kappa shape index (κ2) is 10.5. The van der Waals surface area contributed by atoms with E-state index in [1.54, 1.807) is 12.1 Å². The summed E-state index contributed by atoms with van der Waals surface area (Å²) < 4.78 is 5.43. The van der Waals surface area contributed by atoms with Gasteiger partial charge in [-0.3, -0.25) is 9.59 Å². The molecule has 2 N–H and O–H groups in total. The molecule has 0 heterocycles. The molecule has 0 bridgehead atoms. The average Bonchev–Trinajstić information content (AvgIpc) is 2.58. The van der Waals surface area contributed by atoms with Crippen LogP contribution in [-0.2, 0) is 4.79 Å². The number of carbonyl (C=O) groups excluding carboxylic acids is 2. The molecule has 0 saturated heterocycles. The Labute approximate surface area is 153 Å². The lowest BCUT2D eigenvalue weighted by molar-refractivity contribution is -0.121. The number of Topliss-reactive ketones (excluding diaryl/α,β-unsaturated/α-hetero) is 2. The molecule has 1 aromatic rings. The second-order valence-corrected chi connectivity index (χ2v) is 6.21. The van der Waals surface area contributed by atoms with E-state index in [2.05, 4.69) is 6.58 Å². The molecule has 0 unspecified atom stereocenters. The van der Waals surface area contributed by atoms with Gasteiger partial charge in [0.2, 0.25) is 0 Å². The van der Waals surface area contributed by atoms with Crippen molar-refractivity contribution in [2.45, 2.75) is 39.0 Å². The van der Waals surface area contributed by atoms with E-state index in [4.69, 9.17) is 33.7 Å². The zero-order valence-corrected chi connectivity index (χ0v) is 15.4. The predicted octanol–water partition coefficient (Wildman–Crippen LogP) is 4.61. The SMILES string of the molecule is C=C(CC)C(=O)c1ccc(OCC(=O)CCCCCN)c(Cl)c1Cl. The normalized spacial score (nSPS) is 10.5. The highest BCUT2D eigenvalue weighted by molar-refractivity contribution is 6.45. The van der Waals surface area contributed by atoms with Crippen LogP contribution in [0, 0.1) is 0 Å². The van der Waals surface area contributed by atoms with E-state index in [1.165, 1.54) is 0 Å². The third kappa shape index (κ3) is 5.93. The van der Waals surface area contributed by atoms with E-state index in [1.807, 2.05) is 6.92 Å². The summed E-state index contributed by atoms with van der Waals surface area (Å²) in [5.74, 6) is 0.0290. The number of ketones is 2. The smallest absolute Gasteiger partial charge is 0.189 e. The lowest BCUT2D eigenvalue weighted by Gasteiger charge is -2.11. The van der Waals surface area contributed by atoms with Crippen LogP contribution in [0.2, 0.25) is 10.0 Å². The fraction of sp³-hybridized carbons (Fsp3) is 0.444. The van der Waals surface area contributed by atoms with E-state index in [9.17, 15) is 9.59 Å². The Kier molecular flexibility index (Phi) is 9.04. The third-order valence-electron chi connectivity index (χ3n) is 3.59. The van der Waals surface area contributed by atoms with Gasteiger partial charge in [0.1, 0.15) is 17.4 Å². The highest BCUT2D eigenvalue weighted by Crippen LogP contribution is 2.35. The van der Waals surface area contributed by atoms with E-state index in [-0.39, 0.29) is 39.5 Å². The van der Waals surface area contributed by atoms with Crippen LogP contribution in [0.4, 0.5) is 0 Å². The number of allylic oxidation sites excluding steroid dienone is 1. The van der Waals surface area contributed by atoms with Crippen molar-refractivity contribution >= 4 is 34.8 Å². The van der Waals surface area contributed by atoms with Crippen LogP contribution < -0.4 is 10.5 Å². The maximum atomic E-state index is 12.2. The summed E-state index contributed by atoms with van der Waals surface area (Å²) >= 11 is 12.3. The van der Waals surface area contributed by atoms with Crippen molar-refractivity contribution in [2.75, 3.05) is 13.2 Å². The summed E-state index contributed by atoms with van der Waals surface area (Å²) in [6.07, 6.45) is 3.60. The molecule has 0 aliphatic heterocycles. The van der Waals surface area contributed by atoms with Crippen molar-refractivity contribution in [1.82, 2.24) is 0 Å². The van der Waals surface area contributed by atoms with Crippen LogP contribution in [0.25, 0.3) is 0 Å². The van der Waals surface area contributed by atoms with Crippen molar-refractivity contribution in [1.29, 1.82) is 0 Å². The van der Waals surface area contributed by atoms with Gasteiger partial charge in [-0.1, -0.05) is 43.1 Å². The molecule has 4 nitrogen and oxygen atoms in total. The van der Waals surface area contributed by atoms with E-state index in [0.29, 0.717) is 25.0 Å². The molecule has 0 aromatic heterocycles. The van der Waals surface area contributed by atoms with Gasteiger partial charge >= 0.3 is 0 Å². The summed E-state index contributed by atoms with van der Waals surface area (Å²) in [7, 11) is 0. The third-order valence-corrected chi connectivity index (χ3v) is 4.45. The predicted molar refractivity (Wildman–Crippen MR) is 98.2 cm³/mol. The molecule has 6 heteroatoms. The molecule has 132 valence electrons. The van der Waals surface area contributed by atoms with Gasteiger partial charge in [-0.15, -0.1) is 0 Å². The quantitative estimate of drug-likeness (QED) is 0.350. The molecule has 0 aliphatic carbocycles. The molecular formula is C18H23Cl2NO3. The minimum absolute atomic E-state index is 0.0151. The molecule has 0 spiro atoms. The van der Waals surface area contributed by atoms with E-state index in [0.717, 1.165) is 19.3 Å². The number of halogens is 2. The number of ether oxygens (including phenoxy) is 1. The number of benzene rings is 1. The van der Waals surface area contributed by atoms with Gasteiger partial charge in [-0.05, 0) is 43.5 Å². The van der Waals surface area contributed by atoms with Crippen molar-refractivity contribution in [3.05, 3.63) is 39.9 Å². The Bertz CT molecular complexity index is 615. The summed E-state index contributed by atoms with van der Waals surface area (Å²) in [5, 5.41) is 0.242. The Morgan fingerprint density at radius 1 is 1.17 bits per heavy atom. The minimum atomic E-state index is -0.244. The van der Waals surface area contributed by atoms with Crippen molar-refractivity contribution in [2.24, 2.45) is 5.73 Å². The van der Waals surface area contributed by atoms with Crippen LogP contribution in [0.15, 0.2) is 24.3 Å². The molecule has 0 fully saturated rings. The maximum absolute atomic E-state index is 12.2. The number of hydrogen-bond donors (Lipinski definition) is 1. The van der Waals surface area contributed by atoms with Gasteiger partial charge in [0.05, 0.1) is 5.02 Å². The van der Waals surface area contributed by atoms with Crippen LogP contribution in [0.5, 0.6) is 5.75 Å². The molecule has 1 aromatic carbocycles. The van der Waals surface area contributed by atoms with Gasteiger partial charge in [-0.2, -0.15) is 0 Å². The maximum Gasteiger partial charge on any atom is 0.189 e. The van der Waals surface area contributed by atoms with Crippen molar-refractivity contribution in [3.63, 3.8) is 0 Å². The standard InChI is InChI=1S/C18H23Cl2NO3/c1-3-12(2)18(23)14-8-9-15(17(20)16(14)19)24-11-13(22)7-5-4-6-10-21/h8-9H,2-7,10-11,21H2,1H3. The van der Waals surface area contributed by atoms with Crippen molar-refractivity contribution in [3.8, 4) is 5.75 Å². The number of nitrogens with two attached hydrogens (primary N) is 1. The van der Waals surface area contributed by atoms with E-state index < -0.39 is 0 Å². The van der Waals surface area contributed by atoms with Gasteiger partial charge in [0, 0.05) is 12.0 Å². The summed E-state index contributed by atoms with van der Waals surface area (Å²) in [6, 6.07) is 3.09. The first-order chi connectivity index (χ1) is 11.4. The molecular weight excluding hydrogens is 349 g/mol. The fourth-order valence-electron chi connectivity index (χ4n) is 2.04. The van der Waals surface area contributed by atoms with Crippen LogP contribution in [0.3, 0.4) is 0 Å². The molecule has 0 radical (unpaired) electrons. The lowest BCUT2D eigenvalue weighted by Crippen LogP contribution is -2.12. The van der Waals surface area contributed by atoms with Gasteiger partial charge in [0.15, 0.2) is 11.6 Å². The first-order valence-electron chi connectivity index (χ1n) is 7.97. The molecule has 24 heavy (non-hydrogen) atoms. The zero-order valence-electron chi connectivity index (χ0n) is 13.9. The molecule has 0 saturated carbocycles. The molecule has 0 aliphatic rings. The number of unbranched alkanes of at least 4 members (excludes halogenated alkanes) is 2. The highest BCUT2D eigenvalue weighted by Gasteiger charge is 2.18. The fourth-order valence-corrected chi connectivity index (χ4v) is 2.50. The van der Waals surface area contributed by atoms with Crippen LogP contribution in [0.1, 0.15) is 49.4 Å². The Morgan fingerprint density at radius 3 is 2.50 bits per heavy atom. The molecule has 0 atom stereocenters. The van der Waals surface area contributed by atoms with Crippen LogP contribution in [-0.4, -0.2) is 24.7 Å². The Hall–Kier alpha value is -1.36. The molecule has 0 amide bonds.